The average molecular weight is 318 g/mol. The maximum atomic E-state index is 13.7. The second kappa shape index (κ2) is 6.29. The van der Waals surface area contributed by atoms with E-state index in [4.69, 9.17) is 14.2 Å². The molecule has 23 heavy (non-hydrogen) atoms. The number of hydrogen-bond donors (Lipinski definition) is 0. The Morgan fingerprint density at radius 1 is 1.35 bits per heavy atom. The molecule has 2 aromatic rings. The Bertz CT molecular complexity index is 672. The summed E-state index contributed by atoms with van der Waals surface area (Å²) >= 11 is 0. The van der Waals surface area contributed by atoms with Crippen LogP contribution in [-0.4, -0.2) is 35.5 Å². The molecule has 0 unspecified atom stereocenters. The van der Waals surface area contributed by atoms with Crippen LogP contribution >= 0.6 is 0 Å². The minimum atomic E-state index is -0.299. The van der Waals surface area contributed by atoms with Gasteiger partial charge >= 0.3 is 0 Å². The summed E-state index contributed by atoms with van der Waals surface area (Å²) in [7, 11) is 0. The molecule has 2 aliphatic heterocycles. The van der Waals surface area contributed by atoms with E-state index in [0.29, 0.717) is 36.8 Å². The van der Waals surface area contributed by atoms with Crippen LogP contribution in [0.4, 0.5) is 4.39 Å². The van der Waals surface area contributed by atoms with Crippen molar-refractivity contribution < 1.29 is 18.6 Å². The fourth-order valence-corrected chi connectivity index (χ4v) is 3.01. The van der Waals surface area contributed by atoms with E-state index in [0.717, 1.165) is 31.8 Å². The lowest BCUT2D eigenvalue weighted by Crippen LogP contribution is -2.16. The molecule has 1 fully saturated rings. The molecule has 4 rings (SSSR count). The van der Waals surface area contributed by atoms with Crippen molar-refractivity contribution in [2.45, 2.75) is 32.1 Å². The SMILES string of the molecule is Fc1ccc(OC[C@H]2CCCO2)c(-c2cn3c(n2)COCC3)c1. The third-order valence-corrected chi connectivity index (χ3v) is 4.23. The molecule has 0 bridgehead atoms. The van der Waals surface area contributed by atoms with Crippen molar-refractivity contribution >= 4 is 0 Å². The van der Waals surface area contributed by atoms with Gasteiger partial charge in [0.25, 0.3) is 0 Å². The molecule has 0 saturated carbocycles. The molecule has 6 heteroatoms. The van der Waals surface area contributed by atoms with Crippen molar-refractivity contribution in [1.29, 1.82) is 0 Å². The molecular formula is C17H19FN2O3. The second-order valence-corrected chi connectivity index (χ2v) is 5.87. The predicted octanol–water partition coefficient (Wildman–Crippen LogP) is 2.78. The average Bonchev–Trinajstić information content (AvgIpc) is 3.22. The summed E-state index contributed by atoms with van der Waals surface area (Å²) in [6.07, 6.45) is 4.13. The summed E-state index contributed by atoms with van der Waals surface area (Å²) in [6, 6.07) is 4.54. The van der Waals surface area contributed by atoms with Gasteiger partial charge in [-0.1, -0.05) is 0 Å². The molecule has 5 nitrogen and oxygen atoms in total. The highest BCUT2D eigenvalue weighted by molar-refractivity contribution is 5.67. The van der Waals surface area contributed by atoms with Crippen LogP contribution in [0.1, 0.15) is 18.7 Å². The topological polar surface area (TPSA) is 45.5 Å². The Kier molecular flexibility index (Phi) is 4.01. The smallest absolute Gasteiger partial charge is 0.135 e. The summed E-state index contributed by atoms with van der Waals surface area (Å²) in [5.74, 6) is 1.20. The van der Waals surface area contributed by atoms with E-state index < -0.39 is 0 Å². The van der Waals surface area contributed by atoms with Crippen molar-refractivity contribution in [2.75, 3.05) is 19.8 Å². The first-order chi connectivity index (χ1) is 11.3. The van der Waals surface area contributed by atoms with Crippen molar-refractivity contribution in [2.24, 2.45) is 0 Å². The van der Waals surface area contributed by atoms with Gasteiger partial charge < -0.3 is 18.8 Å². The van der Waals surface area contributed by atoms with Gasteiger partial charge in [0.2, 0.25) is 0 Å². The van der Waals surface area contributed by atoms with E-state index in [-0.39, 0.29) is 11.9 Å². The number of imidazole rings is 1. The summed E-state index contributed by atoms with van der Waals surface area (Å²) in [4.78, 5) is 4.56. The number of halogens is 1. The van der Waals surface area contributed by atoms with Gasteiger partial charge in [-0.25, -0.2) is 9.37 Å². The van der Waals surface area contributed by atoms with E-state index in [2.05, 4.69) is 4.98 Å². The van der Waals surface area contributed by atoms with Crippen LogP contribution in [0.3, 0.4) is 0 Å². The highest BCUT2D eigenvalue weighted by Gasteiger charge is 2.19. The summed E-state index contributed by atoms with van der Waals surface area (Å²) < 4.78 is 32.6. The van der Waals surface area contributed by atoms with Gasteiger partial charge in [0.15, 0.2) is 0 Å². The number of hydrogen-bond acceptors (Lipinski definition) is 4. The quantitative estimate of drug-likeness (QED) is 0.869. The molecule has 1 aromatic heterocycles. The Balaban J connectivity index is 1.60. The molecule has 0 N–H and O–H groups in total. The van der Waals surface area contributed by atoms with Crippen molar-refractivity contribution in [3.05, 3.63) is 36.0 Å². The number of aromatic nitrogens is 2. The fraction of sp³-hybridized carbons (Fsp3) is 0.471. The monoisotopic (exact) mass is 318 g/mol. The first kappa shape index (κ1) is 14.7. The Hall–Kier alpha value is -1.92. The third kappa shape index (κ3) is 3.09. The van der Waals surface area contributed by atoms with Crippen molar-refractivity contribution in [1.82, 2.24) is 9.55 Å². The fourth-order valence-electron chi connectivity index (χ4n) is 3.01. The summed E-state index contributed by atoms with van der Waals surface area (Å²) in [5, 5.41) is 0. The number of rotatable bonds is 4. The predicted molar refractivity (Wildman–Crippen MR) is 81.7 cm³/mol. The van der Waals surface area contributed by atoms with Gasteiger partial charge in [-0.15, -0.1) is 0 Å². The van der Waals surface area contributed by atoms with Crippen LogP contribution in [0, 0.1) is 5.82 Å². The lowest BCUT2D eigenvalue weighted by atomic mass is 10.1. The molecular weight excluding hydrogens is 299 g/mol. The van der Waals surface area contributed by atoms with Crippen molar-refractivity contribution in [3.8, 4) is 17.0 Å². The van der Waals surface area contributed by atoms with Crippen LogP contribution in [0.15, 0.2) is 24.4 Å². The number of fused-ring (bicyclic) bond motifs is 1. The number of benzene rings is 1. The molecule has 1 aromatic carbocycles. The van der Waals surface area contributed by atoms with Crippen LogP contribution in [0.25, 0.3) is 11.3 Å². The molecule has 0 amide bonds. The molecule has 1 atom stereocenters. The minimum Gasteiger partial charge on any atom is -0.490 e. The van der Waals surface area contributed by atoms with Crippen LogP contribution in [0.5, 0.6) is 5.75 Å². The van der Waals surface area contributed by atoms with Gasteiger partial charge in [-0.05, 0) is 31.0 Å². The Morgan fingerprint density at radius 2 is 2.30 bits per heavy atom. The lowest BCUT2D eigenvalue weighted by Gasteiger charge is -2.14. The van der Waals surface area contributed by atoms with E-state index in [9.17, 15) is 4.39 Å². The normalized spacial score (nSPS) is 20.5. The standard InChI is InChI=1S/C17H19FN2O3/c18-12-3-4-16(23-10-13-2-1-6-22-13)14(8-12)15-9-20-5-7-21-11-17(20)19-15/h3-4,8-9,13H,1-2,5-7,10-11H2/t13-/m1/s1. The van der Waals surface area contributed by atoms with Gasteiger partial charge in [-0.3, -0.25) is 0 Å². The molecule has 122 valence electrons. The maximum Gasteiger partial charge on any atom is 0.135 e. The van der Waals surface area contributed by atoms with Gasteiger partial charge in [-0.2, -0.15) is 0 Å². The van der Waals surface area contributed by atoms with Gasteiger partial charge in [0.05, 0.1) is 18.4 Å². The number of ether oxygens (including phenoxy) is 3. The maximum absolute atomic E-state index is 13.7. The molecule has 3 heterocycles. The Morgan fingerprint density at radius 3 is 3.13 bits per heavy atom. The van der Waals surface area contributed by atoms with E-state index >= 15 is 0 Å². The zero-order valence-electron chi connectivity index (χ0n) is 12.8. The molecule has 2 aliphatic rings. The zero-order valence-corrected chi connectivity index (χ0v) is 12.8. The summed E-state index contributed by atoms with van der Waals surface area (Å²) in [6.45, 7) is 3.20. The first-order valence-electron chi connectivity index (χ1n) is 7.98. The van der Waals surface area contributed by atoms with E-state index in [1.807, 2.05) is 10.8 Å². The third-order valence-electron chi connectivity index (χ3n) is 4.23. The van der Waals surface area contributed by atoms with Crippen LogP contribution < -0.4 is 4.74 Å². The van der Waals surface area contributed by atoms with Crippen LogP contribution in [0.2, 0.25) is 0 Å². The lowest BCUT2D eigenvalue weighted by molar-refractivity contribution is 0.0681. The molecule has 0 spiro atoms. The minimum absolute atomic E-state index is 0.122. The van der Waals surface area contributed by atoms with Gasteiger partial charge in [0.1, 0.15) is 30.6 Å². The highest BCUT2D eigenvalue weighted by Crippen LogP contribution is 2.31. The van der Waals surface area contributed by atoms with Crippen molar-refractivity contribution in [3.63, 3.8) is 0 Å². The molecule has 1 saturated heterocycles. The summed E-state index contributed by atoms with van der Waals surface area (Å²) in [5.41, 5.74) is 1.39. The second-order valence-electron chi connectivity index (χ2n) is 5.87. The highest BCUT2D eigenvalue weighted by atomic mass is 19.1. The first-order valence-corrected chi connectivity index (χ1v) is 7.98. The number of nitrogens with zero attached hydrogens (tertiary/aromatic N) is 2. The Labute approximate surface area is 134 Å². The van der Waals surface area contributed by atoms with E-state index in [1.54, 1.807) is 6.07 Å². The van der Waals surface area contributed by atoms with Gasteiger partial charge in [0, 0.05) is 24.9 Å². The van der Waals surface area contributed by atoms with Crippen LogP contribution in [-0.2, 0) is 22.6 Å². The molecule has 0 aliphatic carbocycles. The largest absolute Gasteiger partial charge is 0.490 e. The van der Waals surface area contributed by atoms with E-state index in [1.165, 1.54) is 12.1 Å². The molecule has 0 radical (unpaired) electrons. The zero-order chi connectivity index (χ0) is 15.6.